The minimum absolute atomic E-state index is 0. The molecule has 0 fully saturated rings. The lowest BCUT2D eigenvalue weighted by molar-refractivity contribution is -0.126. The van der Waals surface area contributed by atoms with Crippen molar-refractivity contribution in [3.8, 4) is 0 Å². The SMILES string of the molecule is CCCC(=O)NCC(=O)NCC(C)(C)N.Cl. The summed E-state index contributed by atoms with van der Waals surface area (Å²) in [5.74, 6) is -0.308. The Balaban J connectivity index is 0. The van der Waals surface area contributed by atoms with Crippen molar-refractivity contribution in [2.24, 2.45) is 5.73 Å². The van der Waals surface area contributed by atoms with Gasteiger partial charge in [-0.2, -0.15) is 0 Å². The average molecular weight is 252 g/mol. The maximum atomic E-state index is 11.2. The van der Waals surface area contributed by atoms with E-state index >= 15 is 0 Å². The zero-order chi connectivity index (χ0) is 11.9. The molecule has 16 heavy (non-hydrogen) atoms. The fourth-order valence-electron chi connectivity index (χ4n) is 0.883. The third-order valence-electron chi connectivity index (χ3n) is 1.66. The predicted molar refractivity (Wildman–Crippen MR) is 66.4 cm³/mol. The summed E-state index contributed by atoms with van der Waals surface area (Å²) in [6.07, 6.45) is 1.24. The normalized spacial score (nSPS) is 10.2. The fourth-order valence-corrected chi connectivity index (χ4v) is 0.883. The molecule has 0 aromatic rings. The average Bonchev–Trinajstić information content (AvgIpc) is 2.11. The Labute approximate surface area is 103 Å². The molecule has 0 saturated carbocycles. The highest BCUT2D eigenvalue weighted by atomic mass is 35.5. The van der Waals surface area contributed by atoms with E-state index in [9.17, 15) is 9.59 Å². The van der Waals surface area contributed by atoms with Gasteiger partial charge in [-0.1, -0.05) is 6.92 Å². The first-order chi connectivity index (χ1) is 6.85. The van der Waals surface area contributed by atoms with Crippen LogP contribution in [-0.2, 0) is 9.59 Å². The number of carbonyl (C=O) groups excluding carboxylic acids is 2. The van der Waals surface area contributed by atoms with Crippen molar-refractivity contribution in [2.75, 3.05) is 13.1 Å². The van der Waals surface area contributed by atoms with Crippen LogP contribution in [0, 0.1) is 0 Å². The summed E-state index contributed by atoms with van der Waals surface area (Å²) < 4.78 is 0. The molecule has 0 rings (SSSR count). The van der Waals surface area contributed by atoms with Crippen LogP contribution in [0.3, 0.4) is 0 Å². The zero-order valence-electron chi connectivity index (χ0n) is 10.1. The molecule has 5 nitrogen and oxygen atoms in total. The molecular weight excluding hydrogens is 230 g/mol. The molecule has 96 valence electrons. The van der Waals surface area contributed by atoms with Crippen LogP contribution >= 0.6 is 12.4 Å². The third-order valence-corrected chi connectivity index (χ3v) is 1.66. The summed E-state index contributed by atoms with van der Waals surface area (Å²) in [5.41, 5.74) is 5.26. The first kappa shape index (κ1) is 17.6. The van der Waals surface area contributed by atoms with E-state index in [0.29, 0.717) is 13.0 Å². The second-order valence-corrected chi connectivity index (χ2v) is 4.29. The van der Waals surface area contributed by atoms with Gasteiger partial charge in [0.15, 0.2) is 0 Å². The van der Waals surface area contributed by atoms with Crippen LogP contribution in [0.1, 0.15) is 33.6 Å². The molecule has 0 heterocycles. The van der Waals surface area contributed by atoms with E-state index in [-0.39, 0.29) is 30.8 Å². The van der Waals surface area contributed by atoms with Crippen molar-refractivity contribution in [2.45, 2.75) is 39.2 Å². The van der Waals surface area contributed by atoms with Crippen molar-refractivity contribution in [3.63, 3.8) is 0 Å². The Morgan fingerprint density at radius 3 is 2.19 bits per heavy atom. The Bertz CT molecular complexity index is 227. The zero-order valence-corrected chi connectivity index (χ0v) is 10.9. The maximum absolute atomic E-state index is 11.2. The molecule has 0 bridgehead atoms. The van der Waals surface area contributed by atoms with Crippen molar-refractivity contribution in [1.82, 2.24) is 10.6 Å². The van der Waals surface area contributed by atoms with Crippen LogP contribution in [0.2, 0.25) is 0 Å². The van der Waals surface area contributed by atoms with E-state index in [4.69, 9.17) is 5.73 Å². The second kappa shape index (κ2) is 8.35. The Kier molecular flexibility index (Phi) is 9.18. The molecule has 0 aliphatic heterocycles. The lowest BCUT2D eigenvalue weighted by Gasteiger charge is -2.18. The first-order valence-electron chi connectivity index (χ1n) is 5.17. The van der Waals surface area contributed by atoms with Crippen molar-refractivity contribution in [3.05, 3.63) is 0 Å². The number of amides is 2. The minimum atomic E-state index is -0.427. The number of carbonyl (C=O) groups is 2. The highest BCUT2D eigenvalue weighted by Crippen LogP contribution is 1.92. The summed E-state index contributed by atoms with van der Waals surface area (Å²) >= 11 is 0. The standard InChI is InChI=1S/C10H21N3O2.ClH/c1-4-5-8(14)12-6-9(15)13-7-10(2,3)11;/h4-7,11H2,1-3H3,(H,12,14)(H,13,15);1H. The fraction of sp³-hybridized carbons (Fsp3) is 0.800. The number of rotatable bonds is 6. The number of nitrogens with one attached hydrogen (secondary N) is 2. The molecule has 0 saturated heterocycles. The van der Waals surface area contributed by atoms with E-state index < -0.39 is 5.54 Å². The summed E-state index contributed by atoms with van der Waals surface area (Å²) in [6, 6.07) is 0. The van der Waals surface area contributed by atoms with Crippen molar-refractivity contribution in [1.29, 1.82) is 0 Å². The highest BCUT2D eigenvalue weighted by Gasteiger charge is 2.12. The summed E-state index contributed by atoms with van der Waals surface area (Å²) in [7, 11) is 0. The highest BCUT2D eigenvalue weighted by molar-refractivity contribution is 5.85. The Hall–Kier alpha value is -0.810. The molecule has 2 amide bonds. The molecule has 0 aromatic carbocycles. The van der Waals surface area contributed by atoms with Gasteiger partial charge in [0, 0.05) is 18.5 Å². The van der Waals surface area contributed by atoms with Gasteiger partial charge in [0.1, 0.15) is 0 Å². The van der Waals surface area contributed by atoms with Gasteiger partial charge < -0.3 is 16.4 Å². The maximum Gasteiger partial charge on any atom is 0.239 e. The summed E-state index contributed by atoms with van der Waals surface area (Å²) in [4.78, 5) is 22.2. The predicted octanol–water partition coefficient (Wildman–Crippen LogP) is 0.178. The second-order valence-electron chi connectivity index (χ2n) is 4.29. The van der Waals surface area contributed by atoms with Crippen molar-refractivity contribution >= 4 is 24.2 Å². The van der Waals surface area contributed by atoms with Crippen LogP contribution in [0.15, 0.2) is 0 Å². The minimum Gasteiger partial charge on any atom is -0.353 e. The molecule has 0 radical (unpaired) electrons. The van der Waals surface area contributed by atoms with Crippen LogP contribution in [0.4, 0.5) is 0 Å². The lowest BCUT2D eigenvalue weighted by atomic mass is 10.1. The van der Waals surface area contributed by atoms with E-state index in [2.05, 4.69) is 10.6 Å². The van der Waals surface area contributed by atoms with Crippen LogP contribution in [-0.4, -0.2) is 30.4 Å². The van der Waals surface area contributed by atoms with Gasteiger partial charge in [0.05, 0.1) is 6.54 Å². The van der Waals surface area contributed by atoms with E-state index in [1.54, 1.807) is 0 Å². The van der Waals surface area contributed by atoms with E-state index in [0.717, 1.165) is 6.42 Å². The number of halogens is 1. The third kappa shape index (κ3) is 11.3. The van der Waals surface area contributed by atoms with E-state index in [1.807, 2.05) is 20.8 Å². The molecule has 4 N–H and O–H groups in total. The number of hydrogen-bond donors (Lipinski definition) is 3. The van der Waals surface area contributed by atoms with Gasteiger partial charge in [0.25, 0.3) is 0 Å². The van der Waals surface area contributed by atoms with Gasteiger partial charge in [-0.25, -0.2) is 0 Å². The Morgan fingerprint density at radius 1 is 1.19 bits per heavy atom. The number of hydrogen-bond acceptors (Lipinski definition) is 3. The lowest BCUT2D eigenvalue weighted by Crippen LogP contribution is -2.47. The van der Waals surface area contributed by atoms with Gasteiger partial charge in [-0.05, 0) is 20.3 Å². The summed E-state index contributed by atoms with van der Waals surface area (Å²) in [5, 5.41) is 5.17. The van der Waals surface area contributed by atoms with Gasteiger partial charge in [-0.15, -0.1) is 12.4 Å². The molecule has 0 aliphatic rings. The van der Waals surface area contributed by atoms with Gasteiger partial charge >= 0.3 is 0 Å². The molecule has 0 spiro atoms. The van der Waals surface area contributed by atoms with Crippen molar-refractivity contribution < 1.29 is 9.59 Å². The topological polar surface area (TPSA) is 84.2 Å². The largest absolute Gasteiger partial charge is 0.353 e. The van der Waals surface area contributed by atoms with Crippen LogP contribution in [0.5, 0.6) is 0 Å². The van der Waals surface area contributed by atoms with E-state index in [1.165, 1.54) is 0 Å². The van der Waals surface area contributed by atoms with Crippen LogP contribution in [0.25, 0.3) is 0 Å². The van der Waals surface area contributed by atoms with Crippen LogP contribution < -0.4 is 16.4 Å². The first-order valence-corrected chi connectivity index (χ1v) is 5.17. The Morgan fingerprint density at radius 2 is 1.75 bits per heavy atom. The molecule has 6 heteroatoms. The monoisotopic (exact) mass is 251 g/mol. The smallest absolute Gasteiger partial charge is 0.239 e. The summed E-state index contributed by atoms with van der Waals surface area (Å²) in [6.45, 7) is 5.98. The molecule has 0 unspecified atom stereocenters. The molecule has 0 atom stereocenters. The molecule has 0 aliphatic carbocycles. The van der Waals surface area contributed by atoms with Gasteiger partial charge in [0.2, 0.25) is 11.8 Å². The molecule has 0 aromatic heterocycles. The van der Waals surface area contributed by atoms with Gasteiger partial charge in [-0.3, -0.25) is 9.59 Å². The molecular formula is C10H22ClN3O2. The quantitative estimate of drug-likeness (QED) is 0.630. The number of nitrogens with two attached hydrogens (primary N) is 1.